The summed E-state index contributed by atoms with van der Waals surface area (Å²) in [6.07, 6.45) is -2.60. The van der Waals surface area contributed by atoms with Crippen molar-refractivity contribution in [2.45, 2.75) is 51.7 Å². The molecule has 0 rings (SSSR count). The van der Waals surface area contributed by atoms with Crippen LogP contribution < -0.4 is 5.32 Å². The lowest BCUT2D eigenvalue weighted by Gasteiger charge is -2.23. The van der Waals surface area contributed by atoms with Gasteiger partial charge < -0.3 is 19.9 Å². The maximum Gasteiger partial charge on any atom is 0.408 e. The van der Waals surface area contributed by atoms with Gasteiger partial charge in [0.25, 0.3) is 0 Å². The summed E-state index contributed by atoms with van der Waals surface area (Å²) >= 11 is 0. The van der Waals surface area contributed by atoms with Crippen LogP contribution in [0.5, 0.6) is 0 Å². The SMILES string of the molecule is CCOC(=O)C(F)(F)CC(NC(=O)OC(C)(C)C)C(=O)O. The number of esters is 1. The van der Waals surface area contributed by atoms with Crippen molar-refractivity contribution >= 4 is 18.0 Å². The van der Waals surface area contributed by atoms with E-state index in [9.17, 15) is 23.2 Å². The van der Waals surface area contributed by atoms with Crippen LogP contribution in [-0.2, 0) is 19.1 Å². The Labute approximate surface area is 120 Å². The highest BCUT2D eigenvalue weighted by Gasteiger charge is 2.45. The summed E-state index contributed by atoms with van der Waals surface area (Å²) in [5, 5.41) is 10.6. The zero-order valence-electron chi connectivity index (χ0n) is 12.2. The predicted octanol–water partition coefficient (Wildman–Crippen LogP) is 1.55. The molecule has 0 aliphatic heterocycles. The lowest BCUT2D eigenvalue weighted by molar-refractivity contribution is -0.174. The number of alkyl halides is 2. The Morgan fingerprint density at radius 3 is 2.14 bits per heavy atom. The number of aliphatic carboxylic acids is 1. The molecule has 9 heteroatoms. The minimum absolute atomic E-state index is 0.272. The van der Waals surface area contributed by atoms with Gasteiger partial charge in [0.05, 0.1) is 13.0 Å². The van der Waals surface area contributed by atoms with E-state index >= 15 is 0 Å². The van der Waals surface area contributed by atoms with E-state index in [1.165, 1.54) is 27.7 Å². The van der Waals surface area contributed by atoms with Crippen molar-refractivity contribution in [3.63, 3.8) is 0 Å². The van der Waals surface area contributed by atoms with Gasteiger partial charge in [-0.15, -0.1) is 0 Å². The van der Waals surface area contributed by atoms with Crippen molar-refractivity contribution in [3.8, 4) is 0 Å². The molecule has 21 heavy (non-hydrogen) atoms. The minimum atomic E-state index is -4.03. The predicted molar refractivity (Wildman–Crippen MR) is 67.0 cm³/mol. The number of carboxylic acid groups (broad SMARTS) is 1. The first-order chi connectivity index (χ1) is 9.39. The van der Waals surface area contributed by atoms with Crippen molar-refractivity contribution in [1.82, 2.24) is 5.32 Å². The van der Waals surface area contributed by atoms with Crippen LogP contribution in [-0.4, -0.2) is 47.3 Å². The topological polar surface area (TPSA) is 102 Å². The summed E-state index contributed by atoms with van der Waals surface area (Å²) < 4.78 is 35.9. The van der Waals surface area contributed by atoms with Gasteiger partial charge in [-0.3, -0.25) is 0 Å². The van der Waals surface area contributed by atoms with Crippen molar-refractivity contribution in [2.24, 2.45) is 0 Å². The van der Waals surface area contributed by atoms with Gasteiger partial charge in [-0.1, -0.05) is 0 Å². The van der Waals surface area contributed by atoms with Crippen molar-refractivity contribution in [3.05, 3.63) is 0 Å². The highest BCUT2D eigenvalue weighted by Crippen LogP contribution is 2.23. The fourth-order valence-corrected chi connectivity index (χ4v) is 1.23. The standard InChI is InChI=1S/C12H19F2NO6/c1-5-20-9(18)12(13,14)6-7(8(16)17)15-10(19)21-11(2,3)4/h7H,5-6H2,1-4H3,(H,15,19)(H,16,17). The number of alkyl carbamates (subject to hydrolysis) is 1. The fourth-order valence-electron chi connectivity index (χ4n) is 1.23. The van der Waals surface area contributed by atoms with Crippen LogP contribution in [0.15, 0.2) is 0 Å². The number of rotatable bonds is 6. The number of hydrogen-bond acceptors (Lipinski definition) is 5. The Kier molecular flexibility index (Phi) is 6.52. The molecular weight excluding hydrogens is 292 g/mol. The molecule has 122 valence electrons. The van der Waals surface area contributed by atoms with E-state index in [1.807, 2.05) is 0 Å². The van der Waals surface area contributed by atoms with Crippen molar-refractivity contribution in [1.29, 1.82) is 0 Å². The summed E-state index contributed by atoms with van der Waals surface area (Å²) in [5.41, 5.74) is -0.920. The first-order valence-corrected chi connectivity index (χ1v) is 6.16. The molecule has 0 heterocycles. The van der Waals surface area contributed by atoms with Gasteiger partial charge in [0.1, 0.15) is 11.6 Å². The third-order valence-corrected chi connectivity index (χ3v) is 2.02. The molecule has 0 aliphatic carbocycles. The number of hydrogen-bond donors (Lipinski definition) is 2. The highest BCUT2D eigenvalue weighted by molar-refractivity contribution is 5.83. The monoisotopic (exact) mass is 311 g/mol. The second-order valence-corrected chi connectivity index (χ2v) is 5.17. The maximum atomic E-state index is 13.5. The van der Waals surface area contributed by atoms with Gasteiger partial charge in [-0.05, 0) is 27.7 Å². The molecule has 0 aromatic carbocycles. The van der Waals surface area contributed by atoms with E-state index in [0.29, 0.717) is 0 Å². The number of carbonyl (C=O) groups excluding carboxylic acids is 2. The molecule has 0 aromatic heterocycles. The Morgan fingerprint density at radius 1 is 1.24 bits per heavy atom. The molecule has 0 aliphatic rings. The lowest BCUT2D eigenvalue weighted by atomic mass is 10.1. The van der Waals surface area contributed by atoms with Gasteiger partial charge >= 0.3 is 24.0 Å². The van der Waals surface area contributed by atoms with E-state index in [2.05, 4.69) is 4.74 Å². The Balaban J connectivity index is 4.82. The number of amides is 1. The maximum absolute atomic E-state index is 13.5. The molecule has 1 unspecified atom stereocenters. The Morgan fingerprint density at radius 2 is 1.76 bits per heavy atom. The van der Waals surface area contributed by atoms with Crippen LogP contribution in [0.4, 0.5) is 13.6 Å². The summed E-state index contributed by atoms with van der Waals surface area (Å²) in [7, 11) is 0. The average Bonchev–Trinajstić information content (AvgIpc) is 2.25. The Bertz CT molecular complexity index is 405. The van der Waals surface area contributed by atoms with Crippen LogP contribution in [0.25, 0.3) is 0 Å². The van der Waals surface area contributed by atoms with Gasteiger partial charge in [0.2, 0.25) is 0 Å². The van der Waals surface area contributed by atoms with Crippen LogP contribution in [0.3, 0.4) is 0 Å². The van der Waals surface area contributed by atoms with Crippen LogP contribution in [0.2, 0.25) is 0 Å². The van der Waals surface area contributed by atoms with Crippen LogP contribution in [0.1, 0.15) is 34.1 Å². The molecule has 0 fully saturated rings. The second kappa shape index (κ2) is 7.19. The van der Waals surface area contributed by atoms with E-state index in [-0.39, 0.29) is 6.61 Å². The molecule has 0 radical (unpaired) electrons. The number of halogens is 2. The van der Waals surface area contributed by atoms with E-state index in [0.717, 1.165) is 0 Å². The van der Waals surface area contributed by atoms with E-state index in [4.69, 9.17) is 9.84 Å². The molecule has 0 saturated carbocycles. The fraction of sp³-hybridized carbons (Fsp3) is 0.750. The minimum Gasteiger partial charge on any atom is -0.480 e. The average molecular weight is 311 g/mol. The summed E-state index contributed by atoms with van der Waals surface area (Å²) in [4.78, 5) is 33.3. The first-order valence-electron chi connectivity index (χ1n) is 6.16. The van der Waals surface area contributed by atoms with Gasteiger partial charge in [0.15, 0.2) is 0 Å². The molecule has 7 nitrogen and oxygen atoms in total. The molecule has 2 N–H and O–H groups in total. The molecule has 1 atom stereocenters. The quantitative estimate of drug-likeness (QED) is 0.722. The van der Waals surface area contributed by atoms with Crippen LogP contribution >= 0.6 is 0 Å². The zero-order valence-corrected chi connectivity index (χ0v) is 12.2. The number of nitrogens with one attached hydrogen (secondary N) is 1. The molecule has 0 bridgehead atoms. The lowest BCUT2D eigenvalue weighted by Crippen LogP contribution is -2.48. The first kappa shape index (κ1) is 19.1. The number of carbonyl (C=O) groups is 3. The van der Waals surface area contributed by atoms with Gasteiger partial charge in [-0.2, -0.15) is 8.78 Å². The summed E-state index contributed by atoms with van der Waals surface area (Å²) in [6, 6.07) is -1.99. The van der Waals surface area contributed by atoms with Gasteiger partial charge in [0, 0.05) is 0 Å². The van der Waals surface area contributed by atoms with Crippen molar-refractivity contribution < 1.29 is 37.7 Å². The largest absolute Gasteiger partial charge is 0.480 e. The zero-order chi connectivity index (χ0) is 16.8. The third kappa shape index (κ3) is 7.42. The number of ether oxygens (including phenoxy) is 2. The third-order valence-electron chi connectivity index (χ3n) is 2.02. The molecular formula is C12H19F2NO6. The van der Waals surface area contributed by atoms with E-state index in [1.54, 1.807) is 5.32 Å². The van der Waals surface area contributed by atoms with Crippen LogP contribution in [0, 0.1) is 0 Å². The summed E-state index contributed by atoms with van der Waals surface area (Å²) in [6.45, 7) is 5.63. The highest BCUT2D eigenvalue weighted by atomic mass is 19.3. The van der Waals surface area contributed by atoms with Gasteiger partial charge in [-0.25, -0.2) is 14.4 Å². The molecule has 0 spiro atoms. The smallest absolute Gasteiger partial charge is 0.408 e. The van der Waals surface area contributed by atoms with E-state index < -0.39 is 42.0 Å². The second-order valence-electron chi connectivity index (χ2n) is 5.17. The number of carboxylic acids is 1. The molecule has 0 aromatic rings. The van der Waals surface area contributed by atoms with Crippen molar-refractivity contribution in [2.75, 3.05) is 6.61 Å². The molecule has 1 amide bonds. The summed E-state index contributed by atoms with van der Waals surface area (Å²) in [5.74, 6) is -7.60. The molecule has 0 saturated heterocycles. The Hall–Kier alpha value is -1.93. The normalized spacial score (nSPS) is 13.2.